The number of hydrogen-bond donors (Lipinski definition) is 2. The third-order valence-electron chi connectivity index (χ3n) is 4.78. The molecule has 27 heavy (non-hydrogen) atoms. The number of aliphatic hydroxyl groups excluding tert-OH is 1. The van der Waals surface area contributed by atoms with Gasteiger partial charge in [-0.3, -0.25) is 4.79 Å². The summed E-state index contributed by atoms with van der Waals surface area (Å²) in [4.78, 5) is 17.6. The minimum absolute atomic E-state index is 0.0847. The molecule has 0 saturated heterocycles. The maximum atomic E-state index is 12.8. The van der Waals surface area contributed by atoms with E-state index in [-0.39, 0.29) is 19.1 Å². The summed E-state index contributed by atoms with van der Waals surface area (Å²) < 4.78 is 0. The molecule has 2 N–H and O–H groups in total. The van der Waals surface area contributed by atoms with Crippen molar-refractivity contribution in [3.05, 3.63) is 75.9 Å². The summed E-state index contributed by atoms with van der Waals surface area (Å²) in [5.41, 5.74) is 5.51. The highest BCUT2D eigenvalue weighted by molar-refractivity contribution is 6.30. The second-order valence-corrected chi connectivity index (χ2v) is 6.97. The number of aliphatic hydroxyl groups is 1. The van der Waals surface area contributed by atoms with Gasteiger partial charge in [-0.1, -0.05) is 41.9 Å². The average Bonchev–Trinajstić information content (AvgIpc) is 3.08. The van der Waals surface area contributed by atoms with Crippen LogP contribution in [0.2, 0.25) is 5.02 Å². The van der Waals surface area contributed by atoms with Crippen LogP contribution in [0.15, 0.2) is 48.5 Å². The van der Waals surface area contributed by atoms with Crippen LogP contribution >= 0.6 is 11.6 Å². The Morgan fingerprint density at radius 2 is 1.93 bits per heavy atom. The van der Waals surface area contributed by atoms with Crippen molar-refractivity contribution in [2.24, 2.45) is 0 Å². The number of carbonyl (C=O) groups excluding carboxylic acids is 1. The smallest absolute Gasteiger partial charge is 0.252 e. The summed E-state index contributed by atoms with van der Waals surface area (Å²) in [7, 11) is 0. The van der Waals surface area contributed by atoms with Gasteiger partial charge in [0, 0.05) is 17.0 Å². The molecule has 1 amide bonds. The third-order valence-corrected chi connectivity index (χ3v) is 5.03. The Bertz CT molecular complexity index is 1040. The Hall–Kier alpha value is -2.69. The Kier molecular flexibility index (Phi) is 4.92. The number of hydrogen-bond acceptors (Lipinski definition) is 3. The van der Waals surface area contributed by atoms with Gasteiger partial charge in [-0.25, -0.2) is 4.98 Å². The summed E-state index contributed by atoms with van der Waals surface area (Å²) in [5.74, 6) is -0.161. The van der Waals surface area contributed by atoms with Crippen molar-refractivity contribution in [2.45, 2.75) is 12.8 Å². The number of amides is 1. The van der Waals surface area contributed by atoms with Crippen molar-refractivity contribution in [1.29, 1.82) is 0 Å². The molecule has 1 heterocycles. The lowest BCUT2D eigenvalue weighted by Crippen LogP contribution is -2.27. The maximum absolute atomic E-state index is 12.8. The molecule has 1 aromatic heterocycles. The van der Waals surface area contributed by atoms with Crippen molar-refractivity contribution in [1.82, 2.24) is 10.3 Å². The van der Waals surface area contributed by atoms with Crippen LogP contribution in [0.25, 0.3) is 22.6 Å². The highest BCUT2D eigenvalue weighted by Crippen LogP contribution is 2.37. The molecule has 0 saturated carbocycles. The number of fused-ring (bicyclic) bond motifs is 2. The molecule has 5 heteroatoms. The van der Waals surface area contributed by atoms with Gasteiger partial charge in [0.05, 0.1) is 23.4 Å². The van der Waals surface area contributed by atoms with Crippen molar-refractivity contribution in [3.63, 3.8) is 0 Å². The number of pyridine rings is 1. The number of nitrogens with one attached hydrogen (secondary N) is 1. The summed E-state index contributed by atoms with van der Waals surface area (Å²) in [6, 6.07) is 15.4. The molecule has 0 atom stereocenters. The number of benzene rings is 2. The van der Waals surface area contributed by atoms with E-state index in [1.54, 1.807) is 0 Å². The lowest BCUT2D eigenvalue weighted by Gasteiger charge is -2.12. The summed E-state index contributed by atoms with van der Waals surface area (Å²) in [6.07, 6.45) is 3.72. The molecule has 0 radical (unpaired) electrons. The minimum atomic E-state index is -0.161. The van der Waals surface area contributed by atoms with Crippen molar-refractivity contribution in [2.75, 3.05) is 13.2 Å². The topological polar surface area (TPSA) is 62.2 Å². The molecule has 4 rings (SSSR count). The highest BCUT2D eigenvalue weighted by atomic mass is 35.5. The van der Waals surface area contributed by atoms with Crippen LogP contribution in [-0.2, 0) is 6.42 Å². The first-order chi connectivity index (χ1) is 13.2. The van der Waals surface area contributed by atoms with Crippen LogP contribution in [0, 0.1) is 0 Å². The molecule has 3 aromatic rings. The zero-order valence-corrected chi connectivity index (χ0v) is 15.5. The van der Waals surface area contributed by atoms with Crippen molar-refractivity contribution in [3.8, 4) is 0 Å². The van der Waals surface area contributed by atoms with Crippen LogP contribution < -0.4 is 5.32 Å². The van der Waals surface area contributed by atoms with Gasteiger partial charge in [-0.05, 0) is 53.8 Å². The number of aromatic nitrogens is 1. The van der Waals surface area contributed by atoms with Crippen LogP contribution in [0.3, 0.4) is 0 Å². The van der Waals surface area contributed by atoms with Crippen molar-refractivity contribution < 1.29 is 9.90 Å². The van der Waals surface area contributed by atoms with Gasteiger partial charge in [0.1, 0.15) is 0 Å². The number of allylic oxidation sites excluding steroid dienone is 1. The largest absolute Gasteiger partial charge is 0.395 e. The average molecular weight is 379 g/mol. The van der Waals surface area contributed by atoms with Gasteiger partial charge in [-0.15, -0.1) is 0 Å². The monoisotopic (exact) mass is 378 g/mol. The normalized spacial score (nSPS) is 14.5. The standard InChI is InChI=1S/C22H19ClN2O2/c23-16-8-5-14(6-9-16)13-15-7-10-18-20(22(27)24-11-12-26)17-3-1-2-4-19(17)25-21(15)18/h1-6,8-9,13,26H,7,10-12H2,(H,24,27)/b15-13-. The van der Waals surface area contributed by atoms with Gasteiger partial charge < -0.3 is 10.4 Å². The zero-order chi connectivity index (χ0) is 18.8. The number of para-hydroxylation sites is 1. The highest BCUT2D eigenvalue weighted by Gasteiger charge is 2.26. The van der Waals surface area contributed by atoms with Crippen LogP contribution in [0.4, 0.5) is 0 Å². The number of rotatable bonds is 4. The minimum Gasteiger partial charge on any atom is -0.395 e. The fraction of sp³-hybridized carbons (Fsp3) is 0.182. The second-order valence-electron chi connectivity index (χ2n) is 6.53. The Balaban J connectivity index is 1.85. The van der Waals surface area contributed by atoms with E-state index in [0.717, 1.165) is 46.1 Å². The molecule has 136 valence electrons. The molecule has 0 unspecified atom stereocenters. The predicted octanol–water partition coefficient (Wildman–Crippen LogP) is 4.10. The maximum Gasteiger partial charge on any atom is 0.252 e. The van der Waals surface area contributed by atoms with Crippen LogP contribution in [0.5, 0.6) is 0 Å². The molecule has 4 nitrogen and oxygen atoms in total. The zero-order valence-electron chi connectivity index (χ0n) is 14.7. The molecule has 0 aliphatic heterocycles. The van der Waals surface area contributed by atoms with E-state index in [9.17, 15) is 4.79 Å². The number of halogens is 1. The lowest BCUT2D eigenvalue weighted by atomic mass is 10.00. The quantitative estimate of drug-likeness (QED) is 0.718. The van der Waals surface area contributed by atoms with Crippen LogP contribution in [-0.4, -0.2) is 29.1 Å². The van der Waals surface area contributed by atoms with Gasteiger partial charge in [0.2, 0.25) is 0 Å². The number of nitrogens with zero attached hydrogens (tertiary/aromatic N) is 1. The summed E-state index contributed by atoms with van der Waals surface area (Å²) >= 11 is 5.98. The molecular formula is C22H19ClN2O2. The summed E-state index contributed by atoms with van der Waals surface area (Å²) in [5, 5.41) is 13.4. The van der Waals surface area contributed by atoms with Crippen molar-refractivity contribution >= 4 is 40.1 Å². The molecule has 1 aliphatic rings. The van der Waals surface area contributed by atoms with Gasteiger partial charge in [-0.2, -0.15) is 0 Å². The summed E-state index contributed by atoms with van der Waals surface area (Å²) in [6.45, 7) is 0.149. The molecule has 0 fully saturated rings. The Labute approximate surface area is 162 Å². The predicted molar refractivity (Wildman–Crippen MR) is 109 cm³/mol. The van der Waals surface area contributed by atoms with E-state index in [1.807, 2.05) is 48.5 Å². The van der Waals surface area contributed by atoms with E-state index in [1.165, 1.54) is 0 Å². The van der Waals surface area contributed by atoms with Gasteiger partial charge >= 0.3 is 0 Å². The fourth-order valence-corrected chi connectivity index (χ4v) is 3.68. The Morgan fingerprint density at radius 3 is 2.70 bits per heavy atom. The molecule has 0 spiro atoms. The lowest BCUT2D eigenvalue weighted by molar-refractivity contribution is 0.0945. The van der Waals surface area contributed by atoms with E-state index in [4.69, 9.17) is 21.7 Å². The number of carbonyl (C=O) groups is 1. The van der Waals surface area contributed by atoms with E-state index in [2.05, 4.69) is 11.4 Å². The molecule has 2 aromatic carbocycles. The van der Waals surface area contributed by atoms with E-state index >= 15 is 0 Å². The Morgan fingerprint density at radius 1 is 1.15 bits per heavy atom. The first kappa shape index (κ1) is 17.7. The molecule has 1 aliphatic carbocycles. The van der Waals surface area contributed by atoms with Crippen LogP contribution in [0.1, 0.15) is 33.6 Å². The van der Waals surface area contributed by atoms with E-state index in [0.29, 0.717) is 10.6 Å². The van der Waals surface area contributed by atoms with Gasteiger partial charge in [0.25, 0.3) is 5.91 Å². The second kappa shape index (κ2) is 7.51. The SMILES string of the molecule is O=C(NCCO)c1c2c(nc3ccccc13)/C(=C\c1ccc(Cl)cc1)CC2. The first-order valence-electron chi connectivity index (χ1n) is 8.94. The fourth-order valence-electron chi connectivity index (χ4n) is 3.56. The van der Waals surface area contributed by atoms with E-state index < -0.39 is 0 Å². The molecule has 0 bridgehead atoms. The first-order valence-corrected chi connectivity index (χ1v) is 9.32. The molecular weight excluding hydrogens is 360 g/mol. The third kappa shape index (κ3) is 3.46. The van der Waals surface area contributed by atoms with Gasteiger partial charge in [0.15, 0.2) is 0 Å².